The van der Waals surface area contributed by atoms with Crippen LogP contribution in [-0.4, -0.2) is 24.5 Å². The van der Waals surface area contributed by atoms with Crippen molar-refractivity contribution in [1.29, 1.82) is 0 Å². The Morgan fingerprint density at radius 2 is 2.17 bits per heavy atom. The molecule has 0 aromatic carbocycles. The minimum absolute atomic E-state index is 0.435. The fraction of sp³-hybridized carbons (Fsp3) is 0.733. The van der Waals surface area contributed by atoms with E-state index in [1.165, 1.54) is 42.8 Å². The largest absolute Gasteiger partial charge is 0.329 e. The van der Waals surface area contributed by atoms with Crippen molar-refractivity contribution in [1.82, 2.24) is 4.90 Å². The molecule has 1 saturated heterocycles. The zero-order chi connectivity index (χ0) is 13.2. The highest BCUT2D eigenvalue weighted by Gasteiger charge is 2.38. The van der Waals surface area contributed by atoms with Gasteiger partial charge in [0.15, 0.2) is 0 Å². The summed E-state index contributed by atoms with van der Waals surface area (Å²) in [6.45, 7) is 10.0. The fourth-order valence-electron chi connectivity index (χ4n) is 3.21. The van der Waals surface area contributed by atoms with E-state index in [0.29, 0.717) is 11.5 Å². The minimum Gasteiger partial charge on any atom is -0.329 e. The third kappa shape index (κ3) is 2.49. The molecule has 0 spiro atoms. The van der Waals surface area contributed by atoms with Crippen molar-refractivity contribution in [2.45, 2.75) is 46.1 Å². The summed E-state index contributed by atoms with van der Waals surface area (Å²) in [6.07, 6.45) is 3.92. The van der Waals surface area contributed by atoms with Gasteiger partial charge in [-0.3, -0.25) is 4.90 Å². The van der Waals surface area contributed by atoms with E-state index in [1.807, 2.05) is 11.3 Å². The normalized spacial score (nSPS) is 21.3. The summed E-state index contributed by atoms with van der Waals surface area (Å²) in [6, 6.07) is 2.65. The number of hydrogen-bond acceptors (Lipinski definition) is 3. The summed E-state index contributed by atoms with van der Waals surface area (Å²) in [5.74, 6) is 0. The van der Waals surface area contributed by atoms with Gasteiger partial charge < -0.3 is 5.73 Å². The second kappa shape index (κ2) is 5.72. The summed E-state index contributed by atoms with van der Waals surface area (Å²) in [5.41, 5.74) is 7.99. The molecule has 1 atom stereocenters. The molecule has 0 saturated carbocycles. The van der Waals surface area contributed by atoms with Crippen LogP contribution >= 0.6 is 11.3 Å². The Bertz CT molecular complexity index is 382. The van der Waals surface area contributed by atoms with Gasteiger partial charge in [0, 0.05) is 18.0 Å². The van der Waals surface area contributed by atoms with Gasteiger partial charge in [-0.15, -0.1) is 11.3 Å². The van der Waals surface area contributed by atoms with Crippen LogP contribution in [0.25, 0.3) is 0 Å². The van der Waals surface area contributed by atoms with Crippen molar-refractivity contribution in [3.63, 3.8) is 0 Å². The van der Waals surface area contributed by atoms with Gasteiger partial charge in [-0.05, 0) is 55.2 Å². The standard InChI is InChI=1S/C15H26N2S/c1-4-15(5-2)7-8-17(11-15)13(10-16)14-12(3)6-9-18-14/h6,9,13H,4-5,7-8,10-11,16H2,1-3H3. The molecule has 1 fully saturated rings. The molecule has 102 valence electrons. The first-order chi connectivity index (χ1) is 8.65. The Kier molecular flexibility index (Phi) is 4.46. The van der Waals surface area contributed by atoms with Gasteiger partial charge in [0.1, 0.15) is 0 Å². The lowest BCUT2D eigenvalue weighted by atomic mass is 9.82. The molecule has 1 aliphatic heterocycles. The molecule has 2 heterocycles. The molecule has 1 unspecified atom stereocenters. The number of nitrogens with two attached hydrogens (primary N) is 1. The van der Waals surface area contributed by atoms with Gasteiger partial charge in [-0.25, -0.2) is 0 Å². The Morgan fingerprint density at radius 1 is 1.44 bits per heavy atom. The van der Waals surface area contributed by atoms with E-state index in [2.05, 4.69) is 37.1 Å². The maximum atomic E-state index is 6.05. The van der Waals surface area contributed by atoms with E-state index < -0.39 is 0 Å². The van der Waals surface area contributed by atoms with Crippen molar-refractivity contribution < 1.29 is 0 Å². The van der Waals surface area contributed by atoms with Crippen LogP contribution in [0, 0.1) is 12.3 Å². The third-order valence-corrected chi connectivity index (χ3v) is 5.96. The van der Waals surface area contributed by atoms with Crippen LogP contribution in [0.4, 0.5) is 0 Å². The van der Waals surface area contributed by atoms with Gasteiger partial charge in [-0.1, -0.05) is 13.8 Å². The second-order valence-electron chi connectivity index (χ2n) is 5.65. The Hall–Kier alpha value is -0.380. The predicted octanol–water partition coefficient (Wildman–Crippen LogP) is 3.57. The van der Waals surface area contributed by atoms with E-state index in [0.717, 1.165) is 6.54 Å². The van der Waals surface area contributed by atoms with Gasteiger partial charge in [0.2, 0.25) is 0 Å². The van der Waals surface area contributed by atoms with Crippen molar-refractivity contribution in [3.05, 3.63) is 21.9 Å². The van der Waals surface area contributed by atoms with Crippen LogP contribution < -0.4 is 5.73 Å². The maximum absolute atomic E-state index is 6.05. The molecular weight excluding hydrogens is 240 g/mol. The smallest absolute Gasteiger partial charge is 0.0567 e. The average molecular weight is 266 g/mol. The van der Waals surface area contributed by atoms with Gasteiger partial charge in [-0.2, -0.15) is 0 Å². The fourth-order valence-corrected chi connectivity index (χ4v) is 4.29. The van der Waals surface area contributed by atoms with E-state index in [1.54, 1.807) is 0 Å². The van der Waals surface area contributed by atoms with Gasteiger partial charge in [0.25, 0.3) is 0 Å². The van der Waals surface area contributed by atoms with Crippen molar-refractivity contribution in [2.24, 2.45) is 11.1 Å². The molecule has 0 amide bonds. The lowest BCUT2D eigenvalue weighted by Crippen LogP contribution is -2.34. The van der Waals surface area contributed by atoms with Crippen LogP contribution in [0.2, 0.25) is 0 Å². The Balaban J connectivity index is 2.14. The number of aryl methyl sites for hydroxylation is 1. The molecule has 0 radical (unpaired) electrons. The van der Waals surface area contributed by atoms with E-state index in [4.69, 9.17) is 5.73 Å². The first-order valence-corrected chi connectivity index (χ1v) is 8.02. The van der Waals surface area contributed by atoms with Crippen LogP contribution in [0.5, 0.6) is 0 Å². The quantitative estimate of drug-likeness (QED) is 0.883. The molecule has 2 rings (SSSR count). The topological polar surface area (TPSA) is 29.3 Å². The summed E-state index contributed by atoms with van der Waals surface area (Å²) >= 11 is 1.86. The minimum atomic E-state index is 0.435. The molecule has 0 aliphatic carbocycles. The molecule has 1 aliphatic rings. The Labute approximate surface area is 115 Å². The van der Waals surface area contributed by atoms with E-state index >= 15 is 0 Å². The molecule has 1 aromatic heterocycles. The number of likely N-dealkylation sites (tertiary alicyclic amines) is 1. The SMILES string of the molecule is CCC1(CC)CCN(C(CN)c2sccc2C)C1. The second-order valence-corrected chi connectivity index (χ2v) is 6.59. The number of thiophene rings is 1. The lowest BCUT2D eigenvalue weighted by Gasteiger charge is -2.30. The maximum Gasteiger partial charge on any atom is 0.0567 e. The first kappa shape index (κ1) is 14.0. The zero-order valence-electron chi connectivity index (χ0n) is 11.9. The molecule has 2 nitrogen and oxygen atoms in total. The van der Waals surface area contributed by atoms with E-state index in [-0.39, 0.29) is 0 Å². The predicted molar refractivity (Wildman–Crippen MR) is 80.1 cm³/mol. The Morgan fingerprint density at radius 3 is 2.61 bits per heavy atom. The highest BCUT2D eigenvalue weighted by atomic mass is 32.1. The molecule has 2 N–H and O–H groups in total. The summed E-state index contributed by atoms with van der Waals surface area (Å²) in [4.78, 5) is 4.09. The lowest BCUT2D eigenvalue weighted by molar-refractivity contribution is 0.199. The van der Waals surface area contributed by atoms with Gasteiger partial charge in [0.05, 0.1) is 6.04 Å². The van der Waals surface area contributed by atoms with Crippen LogP contribution in [0.1, 0.15) is 49.6 Å². The summed E-state index contributed by atoms with van der Waals surface area (Å²) < 4.78 is 0. The van der Waals surface area contributed by atoms with Crippen molar-refractivity contribution in [3.8, 4) is 0 Å². The zero-order valence-corrected chi connectivity index (χ0v) is 12.7. The highest BCUT2D eigenvalue weighted by molar-refractivity contribution is 7.10. The van der Waals surface area contributed by atoms with Crippen molar-refractivity contribution in [2.75, 3.05) is 19.6 Å². The highest BCUT2D eigenvalue weighted by Crippen LogP contribution is 2.41. The summed E-state index contributed by atoms with van der Waals surface area (Å²) in [5, 5.41) is 2.19. The third-order valence-electron chi connectivity index (χ3n) is 4.84. The monoisotopic (exact) mass is 266 g/mol. The molecular formula is C15H26N2S. The number of hydrogen-bond donors (Lipinski definition) is 1. The first-order valence-electron chi connectivity index (χ1n) is 7.14. The molecule has 3 heteroatoms. The molecule has 1 aromatic rings. The average Bonchev–Trinajstić information content (AvgIpc) is 2.99. The van der Waals surface area contributed by atoms with E-state index in [9.17, 15) is 0 Å². The van der Waals surface area contributed by atoms with Gasteiger partial charge >= 0.3 is 0 Å². The summed E-state index contributed by atoms with van der Waals surface area (Å²) in [7, 11) is 0. The number of rotatable bonds is 5. The van der Waals surface area contributed by atoms with Crippen LogP contribution in [-0.2, 0) is 0 Å². The van der Waals surface area contributed by atoms with Crippen LogP contribution in [0.3, 0.4) is 0 Å². The van der Waals surface area contributed by atoms with Crippen molar-refractivity contribution >= 4 is 11.3 Å². The number of nitrogens with zero attached hydrogens (tertiary/aromatic N) is 1. The van der Waals surface area contributed by atoms with Crippen LogP contribution in [0.15, 0.2) is 11.4 Å². The molecule has 0 bridgehead atoms. The molecule has 18 heavy (non-hydrogen) atoms.